The van der Waals surface area contributed by atoms with Gasteiger partial charge in [0.25, 0.3) is 5.92 Å². The maximum atomic E-state index is 15.4. The first-order valence-corrected chi connectivity index (χ1v) is 14.6. The van der Waals surface area contributed by atoms with Crippen molar-refractivity contribution >= 4 is 40.6 Å². The van der Waals surface area contributed by atoms with Gasteiger partial charge in [-0.15, -0.1) is 0 Å². The second-order valence-corrected chi connectivity index (χ2v) is 11.1. The lowest BCUT2D eigenvalue weighted by Gasteiger charge is -2.24. The molecule has 0 saturated heterocycles. The first-order valence-electron chi connectivity index (χ1n) is 13.4. The van der Waals surface area contributed by atoms with E-state index in [9.17, 15) is 4.79 Å². The summed E-state index contributed by atoms with van der Waals surface area (Å²) in [5.41, 5.74) is 1.26. The third-order valence-corrected chi connectivity index (χ3v) is 8.23. The lowest BCUT2D eigenvalue weighted by molar-refractivity contribution is -0.119. The van der Waals surface area contributed by atoms with Crippen LogP contribution in [0.2, 0.25) is 5.02 Å². The summed E-state index contributed by atoms with van der Waals surface area (Å²) in [6, 6.07) is 21.1. The normalized spacial score (nSPS) is 14.8. The summed E-state index contributed by atoms with van der Waals surface area (Å²) < 4.78 is 45.0. The molecule has 1 saturated carbocycles. The predicted octanol–water partition coefficient (Wildman–Crippen LogP) is 8.84. The number of ether oxygens (including phenoxy) is 2. The first-order chi connectivity index (χ1) is 19.4. The van der Waals surface area contributed by atoms with Gasteiger partial charge >= 0.3 is 0 Å². The fraction of sp³-hybridized carbons (Fsp3) is 0.281. The van der Waals surface area contributed by atoms with Crippen LogP contribution in [0, 0.1) is 0 Å². The third kappa shape index (κ3) is 6.43. The highest BCUT2D eigenvalue weighted by Gasteiger charge is 2.41. The van der Waals surface area contributed by atoms with Crippen LogP contribution < -0.4 is 14.2 Å². The van der Waals surface area contributed by atoms with Gasteiger partial charge in [0, 0.05) is 10.5 Å². The molecular weight excluding hydrogens is 552 g/mol. The Hall–Kier alpha value is -3.13. The molecule has 1 fully saturated rings. The number of aldehydes is 1. The zero-order valence-electron chi connectivity index (χ0n) is 22.0. The number of fused-ring (bicyclic) bond motifs is 1. The van der Waals surface area contributed by atoms with Crippen LogP contribution in [0.25, 0.3) is 21.9 Å². The van der Waals surface area contributed by atoms with Crippen molar-refractivity contribution in [3.63, 3.8) is 0 Å². The van der Waals surface area contributed by atoms with Gasteiger partial charge in [-0.05, 0) is 103 Å². The van der Waals surface area contributed by atoms with E-state index in [1.165, 1.54) is 25.0 Å². The summed E-state index contributed by atoms with van der Waals surface area (Å²) in [6.45, 7) is 2.32. The van der Waals surface area contributed by atoms with E-state index in [0.29, 0.717) is 17.4 Å². The molecule has 0 heterocycles. The van der Waals surface area contributed by atoms with E-state index in [-0.39, 0.29) is 18.0 Å². The minimum absolute atomic E-state index is 0.252. The average Bonchev–Trinajstić information content (AvgIpc) is 3.48. The largest absolute Gasteiger partial charge is 0.492 e. The average molecular weight is 582 g/mol. The van der Waals surface area contributed by atoms with Crippen molar-refractivity contribution in [1.29, 1.82) is 0 Å². The fourth-order valence-corrected chi connectivity index (χ4v) is 5.83. The Morgan fingerprint density at radius 3 is 2.40 bits per heavy atom. The van der Waals surface area contributed by atoms with Gasteiger partial charge in [0.2, 0.25) is 0 Å². The van der Waals surface area contributed by atoms with Crippen LogP contribution in [0.15, 0.2) is 83.8 Å². The van der Waals surface area contributed by atoms with E-state index in [0.717, 1.165) is 57.3 Å². The van der Waals surface area contributed by atoms with Crippen molar-refractivity contribution in [2.75, 3.05) is 6.61 Å². The molecule has 0 radical (unpaired) electrons. The number of nitrogens with one attached hydrogen (secondary N) is 1. The van der Waals surface area contributed by atoms with Crippen LogP contribution in [0.4, 0.5) is 8.78 Å². The number of hydrogen-bond donors (Lipinski definition) is 1. The summed E-state index contributed by atoms with van der Waals surface area (Å²) >= 11 is 7.17. The molecular formula is C32H30ClF2NO3S. The Labute approximate surface area is 242 Å². The van der Waals surface area contributed by atoms with Crippen LogP contribution in [0.5, 0.6) is 11.5 Å². The minimum atomic E-state index is -3.42. The monoisotopic (exact) mass is 581 g/mol. The molecule has 1 aliphatic rings. The highest BCUT2D eigenvalue weighted by molar-refractivity contribution is 7.97. The van der Waals surface area contributed by atoms with Crippen molar-refractivity contribution in [2.24, 2.45) is 0 Å². The van der Waals surface area contributed by atoms with E-state index in [1.54, 1.807) is 30.3 Å². The van der Waals surface area contributed by atoms with Crippen molar-refractivity contribution in [2.45, 2.75) is 55.6 Å². The Balaban J connectivity index is 1.25. The molecule has 208 valence electrons. The molecule has 1 atom stereocenters. The molecule has 1 N–H and O–H groups in total. The SMILES string of the molecule is CCOc1cc(-c2ccc(C(F)(F)C(C=O)NSc3ccc4cc(OC5CCCC5)ccc4c3)cc2)ccc1Cl. The molecule has 5 rings (SSSR count). The number of carbonyl (C=O) groups excluding carboxylic acids is 1. The van der Waals surface area contributed by atoms with Gasteiger partial charge in [0.05, 0.1) is 17.7 Å². The third-order valence-electron chi connectivity index (χ3n) is 7.05. The van der Waals surface area contributed by atoms with Gasteiger partial charge in [0.1, 0.15) is 23.8 Å². The Morgan fingerprint density at radius 2 is 1.68 bits per heavy atom. The fourth-order valence-electron chi connectivity index (χ4n) is 4.87. The molecule has 0 amide bonds. The molecule has 4 nitrogen and oxygen atoms in total. The van der Waals surface area contributed by atoms with Crippen LogP contribution in [0.1, 0.15) is 38.2 Å². The number of alkyl halides is 2. The zero-order valence-corrected chi connectivity index (χ0v) is 23.6. The molecule has 0 aromatic heterocycles. The quantitative estimate of drug-likeness (QED) is 0.142. The second kappa shape index (κ2) is 12.6. The van der Waals surface area contributed by atoms with E-state index in [4.69, 9.17) is 21.1 Å². The summed E-state index contributed by atoms with van der Waals surface area (Å²) in [6.07, 6.45) is 5.11. The Kier molecular flexibility index (Phi) is 8.94. The molecule has 0 aliphatic heterocycles. The highest BCUT2D eigenvalue weighted by Crippen LogP contribution is 2.36. The van der Waals surface area contributed by atoms with Crippen LogP contribution >= 0.6 is 23.5 Å². The molecule has 8 heteroatoms. The van der Waals surface area contributed by atoms with E-state index in [2.05, 4.69) is 4.72 Å². The lowest BCUT2D eigenvalue weighted by atomic mass is 9.98. The van der Waals surface area contributed by atoms with E-state index >= 15 is 8.78 Å². The molecule has 4 aromatic carbocycles. The van der Waals surface area contributed by atoms with Crippen molar-refractivity contribution in [3.05, 3.63) is 89.4 Å². The maximum absolute atomic E-state index is 15.4. The van der Waals surface area contributed by atoms with E-state index in [1.807, 2.05) is 43.3 Å². The van der Waals surface area contributed by atoms with Gasteiger partial charge in [-0.2, -0.15) is 8.78 Å². The number of carbonyl (C=O) groups is 1. The Morgan fingerprint density at radius 1 is 0.975 bits per heavy atom. The zero-order chi connectivity index (χ0) is 28.1. The van der Waals surface area contributed by atoms with Gasteiger partial charge in [0.15, 0.2) is 0 Å². The van der Waals surface area contributed by atoms with Crippen LogP contribution in [-0.2, 0) is 10.7 Å². The van der Waals surface area contributed by atoms with Gasteiger partial charge in [-0.25, -0.2) is 4.72 Å². The topological polar surface area (TPSA) is 47.6 Å². The lowest BCUT2D eigenvalue weighted by Crippen LogP contribution is -2.41. The van der Waals surface area contributed by atoms with Crippen LogP contribution in [-0.4, -0.2) is 25.0 Å². The molecule has 1 unspecified atom stereocenters. The standard InChI is InChI=1S/C32H30ClF2NO3S/c1-2-38-30-19-24(11-16-29(30)33)21-7-12-25(13-8-21)32(34,35)31(20-37)36-40-28-15-10-22-17-27(14-9-23(22)18-28)39-26-5-3-4-6-26/h7-20,26,31,36H,2-6H2,1H3. The van der Waals surface area contributed by atoms with Gasteiger partial charge < -0.3 is 14.3 Å². The summed E-state index contributed by atoms with van der Waals surface area (Å²) in [7, 11) is 0. The summed E-state index contributed by atoms with van der Waals surface area (Å²) in [5.74, 6) is -2.05. The molecule has 0 bridgehead atoms. The number of benzene rings is 4. The van der Waals surface area contributed by atoms with Crippen LogP contribution in [0.3, 0.4) is 0 Å². The maximum Gasteiger partial charge on any atom is 0.295 e. The first kappa shape index (κ1) is 28.4. The number of hydrogen-bond acceptors (Lipinski definition) is 5. The minimum Gasteiger partial charge on any atom is -0.492 e. The molecule has 0 spiro atoms. The van der Waals surface area contributed by atoms with Gasteiger partial charge in [-0.3, -0.25) is 0 Å². The highest BCUT2D eigenvalue weighted by atomic mass is 35.5. The van der Waals surface area contributed by atoms with Crippen molar-refractivity contribution in [3.8, 4) is 22.6 Å². The molecule has 40 heavy (non-hydrogen) atoms. The number of halogens is 3. The predicted molar refractivity (Wildman–Crippen MR) is 158 cm³/mol. The molecule has 1 aliphatic carbocycles. The summed E-state index contributed by atoms with van der Waals surface area (Å²) in [5, 5.41) is 2.45. The molecule has 4 aromatic rings. The smallest absolute Gasteiger partial charge is 0.295 e. The number of rotatable bonds is 11. The summed E-state index contributed by atoms with van der Waals surface area (Å²) in [4.78, 5) is 12.5. The van der Waals surface area contributed by atoms with Crippen molar-refractivity contribution < 1.29 is 23.0 Å². The second-order valence-electron chi connectivity index (χ2n) is 9.81. The van der Waals surface area contributed by atoms with E-state index < -0.39 is 12.0 Å². The van der Waals surface area contributed by atoms with Crippen molar-refractivity contribution in [1.82, 2.24) is 4.72 Å². The Bertz CT molecular complexity index is 1480. The van der Waals surface area contributed by atoms with Gasteiger partial charge in [-0.1, -0.05) is 54.1 Å².